The lowest BCUT2D eigenvalue weighted by Crippen LogP contribution is -2.21. The van der Waals surface area contributed by atoms with Crippen molar-refractivity contribution in [3.8, 4) is 0 Å². The Kier molecular flexibility index (Phi) is 4.62. The molecule has 1 fully saturated rings. The van der Waals surface area contributed by atoms with E-state index in [4.69, 9.17) is 5.73 Å². The van der Waals surface area contributed by atoms with Crippen molar-refractivity contribution in [2.24, 2.45) is 5.73 Å². The molecule has 0 aromatic carbocycles. The maximum atomic E-state index is 5.42. The third-order valence-corrected chi connectivity index (χ3v) is 2.64. The molecule has 12 heavy (non-hydrogen) atoms. The molecule has 0 radical (unpaired) electrons. The largest absolute Gasteiger partial charge is 0.330 e. The van der Waals surface area contributed by atoms with E-state index < -0.39 is 0 Å². The monoisotopic (exact) mass is 170 g/mol. The summed E-state index contributed by atoms with van der Waals surface area (Å²) in [4.78, 5) is 2.50. The number of hydrogen-bond donors (Lipinski definition) is 1. The summed E-state index contributed by atoms with van der Waals surface area (Å²) < 4.78 is 0. The van der Waals surface area contributed by atoms with Crippen LogP contribution in [0, 0.1) is 0 Å². The molecule has 0 spiro atoms. The highest BCUT2D eigenvalue weighted by Crippen LogP contribution is 2.25. The van der Waals surface area contributed by atoms with Crippen LogP contribution in [0.5, 0.6) is 0 Å². The number of rotatable bonds is 7. The fourth-order valence-electron chi connectivity index (χ4n) is 1.56. The van der Waals surface area contributed by atoms with Crippen molar-refractivity contribution >= 4 is 0 Å². The first kappa shape index (κ1) is 10.0. The summed E-state index contributed by atoms with van der Waals surface area (Å²) in [5.41, 5.74) is 5.42. The summed E-state index contributed by atoms with van der Waals surface area (Å²) in [6.07, 6.45) is 8.09. The van der Waals surface area contributed by atoms with Crippen molar-refractivity contribution < 1.29 is 0 Å². The van der Waals surface area contributed by atoms with Gasteiger partial charge in [-0.3, -0.25) is 0 Å². The molecule has 0 heterocycles. The Bertz CT molecular complexity index is 110. The summed E-state index contributed by atoms with van der Waals surface area (Å²) in [6.45, 7) is 2.15. The van der Waals surface area contributed by atoms with Crippen LogP contribution in [-0.4, -0.2) is 31.1 Å². The molecule has 1 rings (SSSR count). The van der Waals surface area contributed by atoms with E-state index in [2.05, 4.69) is 11.9 Å². The topological polar surface area (TPSA) is 29.3 Å². The van der Waals surface area contributed by atoms with Gasteiger partial charge in [-0.05, 0) is 45.8 Å². The van der Waals surface area contributed by atoms with E-state index in [0.29, 0.717) is 0 Å². The summed E-state index contributed by atoms with van der Waals surface area (Å²) in [5, 5.41) is 0. The number of hydrogen-bond acceptors (Lipinski definition) is 2. The van der Waals surface area contributed by atoms with Gasteiger partial charge in [-0.2, -0.15) is 0 Å². The molecule has 0 unspecified atom stereocenters. The second-order valence-corrected chi connectivity index (χ2v) is 3.91. The van der Waals surface area contributed by atoms with Crippen molar-refractivity contribution in [3.05, 3.63) is 0 Å². The Balaban J connectivity index is 1.81. The molecular formula is C10H22N2. The third-order valence-electron chi connectivity index (χ3n) is 2.64. The molecule has 1 saturated carbocycles. The van der Waals surface area contributed by atoms with Gasteiger partial charge >= 0.3 is 0 Å². The normalized spacial score (nSPS) is 17.2. The van der Waals surface area contributed by atoms with Crippen molar-refractivity contribution in [3.63, 3.8) is 0 Å². The number of nitrogens with two attached hydrogens (primary N) is 1. The molecule has 1 aliphatic carbocycles. The first-order valence-corrected chi connectivity index (χ1v) is 5.25. The van der Waals surface area contributed by atoms with Crippen LogP contribution < -0.4 is 5.73 Å². The minimum Gasteiger partial charge on any atom is -0.330 e. The smallest absolute Gasteiger partial charge is 0.00933 e. The highest BCUT2D eigenvalue weighted by atomic mass is 15.1. The molecule has 0 aromatic heterocycles. The summed E-state index contributed by atoms with van der Waals surface area (Å²) in [6, 6.07) is 0.930. The van der Waals surface area contributed by atoms with E-state index in [0.717, 1.165) is 12.6 Å². The quantitative estimate of drug-likeness (QED) is 0.588. The number of nitrogens with zero attached hydrogens (tertiary/aromatic N) is 1. The van der Waals surface area contributed by atoms with Gasteiger partial charge in [-0.15, -0.1) is 0 Å². The molecule has 0 amide bonds. The van der Waals surface area contributed by atoms with Crippen LogP contribution in [0.1, 0.15) is 38.5 Å². The Morgan fingerprint density at radius 1 is 1.17 bits per heavy atom. The van der Waals surface area contributed by atoms with Crippen molar-refractivity contribution in [1.82, 2.24) is 4.90 Å². The zero-order valence-electron chi connectivity index (χ0n) is 8.26. The van der Waals surface area contributed by atoms with Crippen LogP contribution >= 0.6 is 0 Å². The Hall–Kier alpha value is -0.0800. The van der Waals surface area contributed by atoms with Crippen LogP contribution in [-0.2, 0) is 0 Å². The van der Waals surface area contributed by atoms with Crippen LogP contribution in [0.3, 0.4) is 0 Å². The molecule has 2 N–H and O–H groups in total. The van der Waals surface area contributed by atoms with Crippen LogP contribution in [0.2, 0.25) is 0 Å². The molecule has 0 aliphatic heterocycles. The predicted octanol–water partition coefficient (Wildman–Crippen LogP) is 1.60. The highest BCUT2D eigenvalue weighted by Gasteiger charge is 2.25. The molecule has 0 aromatic rings. The minimum absolute atomic E-state index is 0.860. The molecular weight excluding hydrogens is 148 g/mol. The standard InChI is InChI=1S/C10H22N2/c1-12(10-6-7-10)9-5-3-2-4-8-11/h10H,2-9,11H2,1H3. The van der Waals surface area contributed by atoms with Crippen molar-refractivity contribution in [2.45, 2.75) is 44.6 Å². The molecule has 0 saturated heterocycles. The second-order valence-electron chi connectivity index (χ2n) is 3.91. The first-order chi connectivity index (χ1) is 5.84. The zero-order valence-corrected chi connectivity index (χ0v) is 8.26. The zero-order chi connectivity index (χ0) is 8.81. The van der Waals surface area contributed by atoms with Gasteiger partial charge in [0, 0.05) is 6.04 Å². The van der Waals surface area contributed by atoms with E-state index in [-0.39, 0.29) is 0 Å². The fourth-order valence-corrected chi connectivity index (χ4v) is 1.56. The Morgan fingerprint density at radius 3 is 2.42 bits per heavy atom. The van der Waals surface area contributed by atoms with Gasteiger partial charge in [0.15, 0.2) is 0 Å². The van der Waals surface area contributed by atoms with Gasteiger partial charge in [-0.25, -0.2) is 0 Å². The highest BCUT2D eigenvalue weighted by molar-refractivity contribution is 4.81. The van der Waals surface area contributed by atoms with Crippen LogP contribution in [0.4, 0.5) is 0 Å². The first-order valence-electron chi connectivity index (χ1n) is 5.25. The van der Waals surface area contributed by atoms with Gasteiger partial charge in [0.2, 0.25) is 0 Å². The maximum absolute atomic E-state index is 5.42. The minimum atomic E-state index is 0.860. The average Bonchev–Trinajstić information content (AvgIpc) is 2.86. The van der Waals surface area contributed by atoms with Gasteiger partial charge < -0.3 is 10.6 Å². The lowest BCUT2D eigenvalue weighted by molar-refractivity contribution is 0.314. The summed E-state index contributed by atoms with van der Waals surface area (Å²) in [5.74, 6) is 0. The number of unbranched alkanes of at least 4 members (excludes halogenated alkanes) is 3. The molecule has 72 valence electrons. The SMILES string of the molecule is CN(CCCCCCN)C1CC1. The maximum Gasteiger partial charge on any atom is 0.00933 e. The summed E-state index contributed by atoms with van der Waals surface area (Å²) >= 11 is 0. The predicted molar refractivity (Wildman–Crippen MR) is 53.2 cm³/mol. The molecule has 0 atom stereocenters. The lowest BCUT2D eigenvalue weighted by Gasteiger charge is -2.14. The second kappa shape index (κ2) is 5.55. The van der Waals surface area contributed by atoms with E-state index in [9.17, 15) is 0 Å². The molecule has 2 nitrogen and oxygen atoms in total. The molecule has 2 heteroatoms. The van der Waals surface area contributed by atoms with Gasteiger partial charge in [0.05, 0.1) is 0 Å². The molecule has 0 bridgehead atoms. The average molecular weight is 170 g/mol. The molecule has 1 aliphatic rings. The van der Waals surface area contributed by atoms with E-state index >= 15 is 0 Å². The third kappa shape index (κ3) is 4.07. The van der Waals surface area contributed by atoms with Crippen molar-refractivity contribution in [1.29, 1.82) is 0 Å². The lowest BCUT2D eigenvalue weighted by atomic mass is 10.2. The van der Waals surface area contributed by atoms with Gasteiger partial charge in [0.25, 0.3) is 0 Å². The Morgan fingerprint density at radius 2 is 1.83 bits per heavy atom. The van der Waals surface area contributed by atoms with E-state index in [1.54, 1.807) is 0 Å². The van der Waals surface area contributed by atoms with E-state index in [1.165, 1.54) is 45.1 Å². The Labute approximate surface area is 76.1 Å². The van der Waals surface area contributed by atoms with Crippen LogP contribution in [0.15, 0.2) is 0 Å². The van der Waals surface area contributed by atoms with E-state index in [1.807, 2.05) is 0 Å². The van der Waals surface area contributed by atoms with Crippen LogP contribution in [0.25, 0.3) is 0 Å². The van der Waals surface area contributed by atoms with Gasteiger partial charge in [0.1, 0.15) is 0 Å². The summed E-state index contributed by atoms with van der Waals surface area (Å²) in [7, 11) is 2.25. The van der Waals surface area contributed by atoms with Crippen molar-refractivity contribution in [2.75, 3.05) is 20.1 Å². The van der Waals surface area contributed by atoms with Gasteiger partial charge in [-0.1, -0.05) is 12.8 Å². The fraction of sp³-hybridized carbons (Fsp3) is 1.00.